The normalized spacial score (nSPS) is 16.0. The van der Waals surface area contributed by atoms with Gasteiger partial charge in [0.05, 0.1) is 29.8 Å². The van der Waals surface area contributed by atoms with Crippen LogP contribution in [0.2, 0.25) is 0 Å². The Morgan fingerprint density at radius 2 is 1.91 bits per heavy atom. The first-order valence-corrected chi connectivity index (χ1v) is 11.9. The molecule has 2 aromatic rings. The Morgan fingerprint density at radius 1 is 1.20 bits per heavy atom. The largest absolute Gasteiger partial charge is 0.493 e. The fourth-order valence-corrected chi connectivity index (χ4v) is 4.18. The number of urea groups is 1. The monoisotopic (exact) mass is 545 g/mol. The second-order valence-electron chi connectivity index (χ2n) is 7.78. The highest BCUT2D eigenvalue weighted by Gasteiger charge is 2.32. The van der Waals surface area contributed by atoms with Gasteiger partial charge in [-0.3, -0.25) is 4.79 Å². The molecule has 3 rings (SSSR count). The number of esters is 1. The zero-order valence-corrected chi connectivity index (χ0v) is 21.5. The van der Waals surface area contributed by atoms with Crippen molar-refractivity contribution in [2.24, 2.45) is 0 Å². The topological polar surface area (TPSA) is 115 Å². The molecule has 1 aliphatic rings. The smallest absolute Gasteiger partial charge is 0.347 e. The molecule has 0 bridgehead atoms. The van der Waals surface area contributed by atoms with Crippen LogP contribution in [0.1, 0.15) is 37.9 Å². The van der Waals surface area contributed by atoms with Gasteiger partial charge in [0.1, 0.15) is 0 Å². The minimum Gasteiger partial charge on any atom is -0.493 e. The predicted octanol–water partition coefficient (Wildman–Crippen LogP) is 3.73. The lowest BCUT2D eigenvalue weighted by Gasteiger charge is -2.29. The molecule has 0 radical (unpaired) electrons. The standard InChI is InChI=1S/C25H28BrN3O6/c1-5-34-24(31)15(3)35-22-18(26)11-17(12-19(22)33-4)21-20(14(2)28-25(32)29-21)23(30)27-13-16-9-7-6-8-10-16/h6-12,15,21H,5,13H2,1-4H3,(H,27,30)(H2,28,29,32)/t15-,21-/m0/s1. The van der Waals surface area contributed by atoms with E-state index in [9.17, 15) is 14.4 Å². The van der Waals surface area contributed by atoms with E-state index in [-0.39, 0.29) is 12.5 Å². The number of hydrogen-bond donors (Lipinski definition) is 3. The van der Waals surface area contributed by atoms with Crippen LogP contribution < -0.4 is 25.4 Å². The van der Waals surface area contributed by atoms with Gasteiger partial charge in [0.15, 0.2) is 17.6 Å². The van der Waals surface area contributed by atoms with E-state index in [2.05, 4.69) is 31.9 Å². The number of methoxy groups -OCH3 is 1. The van der Waals surface area contributed by atoms with Crippen LogP contribution >= 0.6 is 15.9 Å². The first-order chi connectivity index (χ1) is 16.7. The molecule has 0 fully saturated rings. The van der Waals surface area contributed by atoms with Gasteiger partial charge in [-0.25, -0.2) is 9.59 Å². The summed E-state index contributed by atoms with van der Waals surface area (Å²) < 4.78 is 16.8. The van der Waals surface area contributed by atoms with E-state index in [0.717, 1.165) is 5.56 Å². The Hall–Kier alpha value is -3.53. The van der Waals surface area contributed by atoms with Gasteiger partial charge in [0.2, 0.25) is 0 Å². The van der Waals surface area contributed by atoms with Crippen molar-refractivity contribution in [1.82, 2.24) is 16.0 Å². The van der Waals surface area contributed by atoms with Crippen molar-refractivity contribution < 1.29 is 28.6 Å². The summed E-state index contributed by atoms with van der Waals surface area (Å²) in [5.74, 6) is -0.213. The highest BCUT2D eigenvalue weighted by Crippen LogP contribution is 2.40. The molecule has 186 valence electrons. The Bertz CT molecular complexity index is 1140. The molecular weight excluding hydrogens is 518 g/mol. The summed E-state index contributed by atoms with van der Waals surface area (Å²) >= 11 is 3.47. The average molecular weight is 546 g/mol. The third-order valence-electron chi connectivity index (χ3n) is 5.31. The van der Waals surface area contributed by atoms with Crippen LogP contribution in [0.3, 0.4) is 0 Å². The SMILES string of the molecule is CCOC(=O)[C@H](C)Oc1c(Br)cc([C@@H]2NC(=O)NC(C)=C2C(=O)NCc2ccccc2)cc1OC. The lowest BCUT2D eigenvalue weighted by molar-refractivity contribution is -0.150. The van der Waals surface area contributed by atoms with Gasteiger partial charge in [0, 0.05) is 12.2 Å². The number of allylic oxidation sites excluding steroid dienone is 1. The molecular formula is C25H28BrN3O6. The van der Waals surface area contributed by atoms with E-state index >= 15 is 0 Å². The second kappa shape index (κ2) is 11.7. The third-order valence-corrected chi connectivity index (χ3v) is 5.90. The minimum atomic E-state index is -0.869. The Labute approximate surface area is 212 Å². The molecule has 0 spiro atoms. The van der Waals surface area contributed by atoms with E-state index in [0.29, 0.717) is 39.4 Å². The molecule has 3 amide bonds. The summed E-state index contributed by atoms with van der Waals surface area (Å²) in [6.45, 7) is 5.54. The van der Waals surface area contributed by atoms with Crippen molar-refractivity contribution in [3.05, 3.63) is 69.3 Å². The molecule has 9 nitrogen and oxygen atoms in total. The minimum absolute atomic E-state index is 0.236. The van der Waals surface area contributed by atoms with Crippen LogP contribution in [0.25, 0.3) is 0 Å². The fraction of sp³-hybridized carbons (Fsp3) is 0.320. The number of benzene rings is 2. The lowest BCUT2D eigenvalue weighted by Crippen LogP contribution is -2.46. The van der Waals surface area contributed by atoms with Crippen molar-refractivity contribution in [1.29, 1.82) is 0 Å². The van der Waals surface area contributed by atoms with Gasteiger partial charge in [-0.1, -0.05) is 30.3 Å². The van der Waals surface area contributed by atoms with E-state index in [1.807, 2.05) is 30.3 Å². The van der Waals surface area contributed by atoms with Gasteiger partial charge in [-0.15, -0.1) is 0 Å². The van der Waals surface area contributed by atoms with Crippen LogP contribution in [-0.4, -0.2) is 37.7 Å². The maximum Gasteiger partial charge on any atom is 0.347 e. The lowest BCUT2D eigenvalue weighted by atomic mass is 9.94. The first-order valence-electron chi connectivity index (χ1n) is 11.1. The van der Waals surface area contributed by atoms with Gasteiger partial charge in [-0.05, 0) is 60.0 Å². The molecule has 3 N–H and O–H groups in total. The average Bonchev–Trinajstić information content (AvgIpc) is 2.83. The van der Waals surface area contributed by atoms with Crippen molar-refractivity contribution in [2.75, 3.05) is 13.7 Å². The maximum absolute atomic E-state index is 13.2. The van der Waals surface area contributed by atoms with E-state index < -0.39 is 24.1 Å². The number of hydrogen-bond acceptors (Lipinski definition) is 6. The van der Waals surface area contributed by atoms with Crippen LogP contribution in [0.5, 0.6) is 11.5 Å². The molecule has 0 saturated carbocycles. The molecule has 1 heterocycles. The van der Waals surface area contributed by atoms with Crippen LogP contribution in [0, 0.1) is 0 Å². The zero-order valence-electron chi connectivity index (χ0n) is 19.9. The molecule has 0 unspecified atom stereocenters. The number of rotatable bonds is 9. The Kier molecular flexibility index (Phi) is 8.75. The van der Waals surface area contributed by atoms with Crippen molar-refractivity contribution >= 4 is 33.8 Å². The molecule has 0 aromatic heterocycles. The van der Waals surface area contributed by atoms with Crippen molar-refractivity contribution in [3.63, 3.8) is 0 Å². The summed E-state index contributed by atoms with van der Waals surface area (Å²) in [5, 5.41) is 8.38. The summed E-state index contributed by atoms with van der Waals surface area (Å²) in [6, 6.07) is 11.7. The molecule has 0 aliphatic carbocycles. The quantitative estimate of drug-likeness (QED) is 0.413. The molecule has 1 aliphatic heterocycles. The maximum atomic E-state index is 13.2. The number of amides is 3. The summed E-state index contributed by atoms with van der Waals surface area (Å²) in [4.78, 5) is 37.5. The molecule has 2 aromatic carbocycles. The number of nitrogens with one attached hydrogen (secondary N) is 3. The summed E-state index contributed by atoms with van der Waals surface area (Å²) in [7, 11) is 1.46. The van der Waals surface area contributed by atoms with E-state index in [4.69, 9.17) is 14.2 Å². The van der Waals surface area contributed by atoms with Gasteiger partial charge in [-0.2, -0.15) is 0 Å². The van der Waals surface area contributed by atoms with Crippen molar-refractivity contribution in [2.45, 2.75) is 39.5 Å². The summed E-state index contributed by atoms with van der Waals surface area (Å²) in [6.07, 6.45) is -0.869. The second-order valence-corrected chi connectivity index (χ2v) is 8.64. The summed E-state index contributed by atoms with van der Waals surface area (Å²) in [5.41, 5.74) is 2.34. The number of carbonyl (C=O) groups is 3. The van der Waals surface area contributed by atoms with Gasteiger partial charge < -0.3 is 30.2 Å². The fourth-order valence-electron chi connectivity index (χ4n) is 3.62. The first kappa shape index (κ1) is 26.1. The highest BCUT2D eigenvalue weighted by atomic mass is 79.9. The van der Waals surface area contributed by atoms with Gasteiger partial charge in [0.25, 0.3) is 5.91 Å². The Morgan fingerprint density at radius 3 is 2.57 bits per heavy atom. The van der Waals surface area contributed by atoms with Crippen molar-refractivity contribution in [3.8, 4) is 11.5 Å². The Balaban J connectivity index is 1.91. The van der Waals surface area contributed by atoms with Crippen LogP contribution in [0.15, 0.2) is 58.2 Å². The van der Waals surface area contributed by atoms with Gasteiger partial charge >= 0.3 is 12.0 Å². The number of ether oxygens (including phenoxy) is 3. The van der Waals surface area contributed by atoms with E-state index in [1.165, 1.54) is 7.11 Å². The molecule has 2 atom stereocenters. The van der Waals surface area contributed by atoms with Crippen LogP contribution in [-0.2, 0) is 20.9 Å². The molecule has 35 heavy (non-hydrogen) atoms. The molecule has 0 saturated heterocycles. The molecule has 10 heteroatoms. The third kappa shape index (κ3) is 6.33. The number of carbonyl (C=O) groups excluding carboxylic acids is 3. The van der Waals surface area contributed by atoms with Crippen LogP contribution in [0.4, 0.5) is 4.79 Å². The van der Waals surface area contributed by atoms with E-state index in [1.54, 1.807) is 32.9 Å². The highest BCUT2D eigenvalue weighted by molar-refractivity contribution is 9.10. The number of halogens is 1. The predicted molar refractivity (Wildman–Crippen MR) is 133 cm³/mol. The zero-order chi connectivity index (χ0) is 25.5.